The Morgan fingerprint density at radius 3 is 1.92 bits per heavy atom. The van der Waals surface area contributed by atoms with E-state index in [0.29, 0.717) is 39.0 Å². The second-order valence-electron chi connectivity index (χ2n) is 8.78. The zero-order valence-corrected chi connectivity index (χ0v) is 21.3. The predicted octanol–water partition coefficient (Wildman–Crippen LogP) is 1.14. The summed E-state index contributed by atoms with van der Waals surface area (Å²) in [5, 5.41) is 2.82. The molecule has 0 saturated carbocycles. The predicted molar refractivity (Wildman–Crippen MR) is 143 cm³/mol. The molecule has 0 saturated heterocycles. The molecule has 3 amide bonds. The van der Waals surface area contributed by atoms with Gasteiger partial charge in [0.05, 0.1) is 6.04 Å². The average molecular weight is 520 g/mol. The number of nitrogens with two attached hydrogens (primary N) is 5. The molecular weight excluding hydrogens is 466 g/mol. The Labute approximate surface area is 217 Å². The Hall–Kier alpha value is -2.15. The van der Waals surface area contributed by atoms with Crippen molar-refractivity contribution in [3.8, 4) is 0 Å². The first-order chi connectivity index (χ1) is 16.8. The number of carbonyl (C=O) groups is 3. The molecule has 0 aromatic heterocycles. The summed E-state index contributed by atoms with van der Waals surface area (Å²) in [6, 6.07) is -0.707. The van der Waals surface area contributed by atoms with Gasteiger partial charge in [-0.2, -0.15) is 0 Å². The first-order valence-electron chi connectivity index (χ1n) is 12.8. The van der Waals surface area contributed by atoms with Crippen molar-refractivity contribution >= 4 is 18.1 Å². The van der Waals surface area contributed by atoms with Gasteiger partial charge in [0.15, 0.2) is 0 Å². The van der Waals surface area contributed by atoms with E-state index >= 15 is 0 Å². The summed E-state index contributed by atoms with van der Waals surface area (Å²) in [6.07, 6.45) is 7.69. The molecule has 0 aromatic carbocycles. The summed E-state index contributed by atoms with van der Waals surface area (Å²) >= 11 is 0. The fourth-order valence-electron chi connectivity index (χ4n) is 3.48. The molecule has 0 aromatic rings. The second-order valence-corrected chi connectivity index (χ2v) is 8.78. The van der Waals surface area contributed by atoms with Gasteiger partial charge in [0.1, 0.15) is 19.8 Å². The van der Waals surface area contributed by atoms with Gasteiger partial charge >= 0.3 is 12.2 Å². The molecule has 0 fully saturated rings. The maximum absolute atomic E-state index is 12.7. The summed E-state index contributed by atoms with van der Waals surface area (Å²) in [7, 11) is 0. The highest BCUT2D eigenvalue weighted by Gasteiger charge is 2.21. The molecule has 0 aliphatic carbocycles. The number of primary amides is 1. The van der Waals surface area contributed by atoms with Crippen LogP contribution in [0, 0.1) is 0 Å². The molecule has 0 bridgehead atoms. The summed E-state index contributed by atoms with van der Waals surface area (Å²) in [5.74, 6) is -0.372. The number of nitrogens with zero attached hydrogens (tertiary/aromatic N) is 1. The van der Waals surface area contributed by atoms with Crippen LogP contribution in [0.1, 0.15) is 78.1 Å². The van der Waals surface area contributed by atoms with Crippen LogP contribution < -0.4 is 34.0 Å². The third-order valence-electron chi connectivity index (χ3n) is 5.47. The smallest absolute Gasteiger partial charge is 0.410 e. The van der Waals surface area contributed by atoms with Crippen LogP contribution in [0.25, 0.3) is 0 Å². The van der Waals surface area contributed by atoms with E-state index in [1.807, 2.05) is 0 Å². The topological polar surface area (TPSA) is 215 Å². The van der Waals surface area contributed by atoms with Crippen molar-refractivity contribution in [3.05, 3.63) is 0 Å². The maximum atomic E-state index is 12.7. The molecule has 36 heavy (non-hydrogen) atoms. The number of rotatable bonds is 22. The molecule has 0 radical (unpaired) electrons. The molecule has 12 heteroatoms. The van der Waals surface area contributed by atoms with Crippen molar-refractivity contribution in [3.63, 3.8) is 0 Å². The number of nitrogens with one attached hydrogen (secondary N) is 1. The van der Waals surface area contributed by atoms with Crippen LogP contribution in [0.3, 0.4) is 0 Å². The van der Waals surface area contributed by atoms with Crippen LogP contribution in [0.2, 0.25) is 0 Å². The van der Waals surface area contributed by atoms with E-state index in [2.05, 4.69) is 5.32 Å². The molecule has 0 aliphatic rings. The highest BCUT2D eigenvalue weighted by atomic mass is 16.6. The molecule has 2 atom stereocenters. The van der Waals surface area contributed by atoms with Crippen LogP contribution in [-0.2, 0) is 14.3 Å². The zero-order chi connectivity index (χ0) is 26.3. The fourth-order valence-corrected chi connectivity index (χ4v) is 3.48. The molecule has 0 heterocycles. The van der Waals surface area contributed by atoms with Crippen LogP contribution >= 0.6 is 0 Å². The summed E-state index contributed by atoms with van der Waals surface area (Å²) in [4.78, 5) is 37.8. The number of amides is 3. The Morgan fingerprint density at radius 1 is 0.750 bits per heavy atom. The molecule has 0 rings (SSSR count). The van der Waals surface area contributed by atoms with Gasteiger partial charge in [0.2, 0.25) is 5.91 Å². The fraction of sp³-hybridized carbons (Fsp3) is 0.875. The number of hydrogen-bond donors (Lipinski definition) is 6. The highest BCUT2D eigenvalue weighted by Crippen LogP contribution is 2.07. The molecule has 12 nitrogen and oxygen atoms in total. The SMILES string of the molecule is C.NCCCCCCCN(CC(=O)N[C@@H](CCCCN)COC(N)=O)C(=O)OC[C@@H](N)CCCCN. The van der Waals surface area contributed by atoms with E-state index in [1.165, 1.54) is 4.90 Å². The van der Waals surface area contributed by atoms with Crippen molar-refractivity contribution in [2.45, 2.75) is 90.1 Å². The normalized spacial score (nSPS) is 12.2. The van der Waals surface area contributed by atoms with Gasteiger partial charge in [0.25, 0.3) is 0 Å². The first-order valence-corrected chi connectivity index (χ1v) is 12.8. The Kier molecular flexibility index (Phi) is 24.5. The van der Waals surface area contributed by atoms with E-state index in [0.717, 1.165) is 57.8 Å². The van der Waals surface area contributed by atoms with Crippen molar-refractivity contribution in [2.75, 3.05) is 45.9 Å². The average Bonchev–Trinajstić information content (AvgIpc) is 2.82. The van der Waals surface area contributed by atoms with Gasteiger partial charge in [-0.1, -0.05) is 39.5 Å². The third kappa shape index (κ3) is 21.2. The third-order valence-corrected chi connectivity index (χ3v) is 5.47. The standard InChI is InChI=1S/C23H49N7O5.CH4/c24-12-6-2-1-3-9-15-30(23(33)35-17-19(27)10-4-7-13-25)16-21(31)29-20(11-5-8-14-26)18-34-22(28)32;/h19-20H,1-18,24-27H2,(H2,28,32)(H,29,31);1H4/t19-,20-;/m0./s1. The summed E-state index contributed by atoms with van der Waals surface area (Å²) in [6.45, 7) is 2.02. The Bertz CT molecular complexity index is 569. The molecule has 0 spiro atoms. The molecule has 0 aliphatic heterocycles. The van der Waals surface area contributed by atoms with E-state index < -0.39 is 18.2 Å². The number of carbonyl (C=O) groups excluding carboxylic acids is 3. The molecule has 214 valence electrons. The number of hydrogen-bond acceptors (Lipinski definition) is 9. The van der Waals surface area contributed by atoms with E-state index in [4.69, 9.17) is 38.1 Å². The van der Waals surface area contributed by atoms with Crippen molar-refractivity contribution in [1.82, 2.24) is 10.2 Å². The maximum Gasteiger partial charge on any atom is 0.410 e. The van der Waals surface area contributed by atoms with Gasteiger partial charge in [-0.3, -0.25) is 9.69 Å². The van der Waals surface area contributed by atoms with Crippen molar-refractivity contribution in [1.29, 1.82) is 0 Å². The van der Waals surface area contributed by atoms with E-state index in [1.54, 1.807) is 0 Å². The minimum Gasteiger partial charge on any atom is -0.448 e. The molecule has 11 N–H and O–H groups in total. The van der Waals surface area contributed by atoms with Gasteiger partial charge < -0.3 is 43.5 Å². The molecular formula is C24H53N7O5. The van der Waals surface area contributed by atoms with Gasteiger partial charge in [0, 0.05) is 12.6 Å². The van der Waals surface area contributed by atoms with E-state index in [9.17, 15) is 14.4 Å². The largest absolute Gasteiger partial charge is 0.448 e. The monoisotopic (exact) mass is 519 g/mol. The van der Waals surface area contributed by atoms with Crippen LogP contribution in [0.15, 0.2) is 0 Å². The second kappa shape index (κ2) is 24.5. The van der Waals surface area contributed by atoms with Crippen molar-refractivity contribution < 1.29 is 23.9 Å². The van der Waals surface area contributed by atoms with E-state index in [-0.39, 0.29) is 39.1 Å². The molecule has 0 unspecified atom stereocenters. The van der Waals surface area contributed by atoms with Crippen molar-refractivity contribution in [2.24, 2.45) is 28.7 Å². The minimum absolute atomic E-state index is 0. The van der Waals surface area contributed by atoms with Crippen LogP contribution in [-0.4, -0.2) is 81.0 Å². The first kappa shape index (κ1) is 36.0. The summed E-state index contributed by atoms with van der Waals surface area (Å²) < 4.78 is 10.3. The lowest BCUT2D eigenvalue weighted by molar-refractivity contribution is -0.123. The number of ether oxygens (including phenoxy) is 2. The Balaban J connectivity index is 0. The lowest BCUT2D eigenvalue weighted by atomic mass is 10.1. The zero-order valence-electron chi connectivity index (χ0n) is 21.3. The Morgan fingerprint density at radius 2 is 1.31 bits per heavy atom. The highest BCUT2D eigenvalue weighted by molar-refractivity contribution is 5.82. The minimum atomic E-state index is -0.911. The van der Waals surface area contributed by atoms with Crippen LogP contribution in [0.5, 0.6) is 0 Å². The van der Waals surface area contributed by atoms with Gasteiger partial charge in [-0.15, -0.1) is 0 Å². The lowest BCUT2D eigenvalue weighted by Crippen LogP contribution is -2.47. The quantitative estimate of drug-likeness (QED) is 0.113. The van der Waals surface area contributed by atoms with Crippen LogP contribution in [0.4, 0.5) is 9.59 Å². The summed E-state index contributed by atoms with van der Waals surface area (Å²) in [5.41, 5.74) is 27.6. The number of unbranched alkanes of at least 4 members (excludes halogenated alkanes) is 6. The van der Waals surface area contributed by atoms with Gasteiger partial charge in [-0.05, 0) is 58.2 Å². The van der Waals surface area contributed by atoms with Gasteiger partial charge in [-0.25, -0.2) is 9.59 Å². The lowest BCUT2D eigenvalue weighted by Gasteiger charge is -2.24.